The van der Waals surface area contributed by atoms with Gasteiger partial charge in [0.2, 0.25) is 5.91 Å². The first kappa shape index (κ1) is 24.0. The lowest BCUT2D eigenvalue weighted by atomic mass is 10.00. The lowest BCUT2D eigenvalue weighted by Gasteiger charge is -2.14. The number of phenols is 1. The lowest BCUT2D eigenvalue weighted by molar-refractivity contribution is -0.120. The van der Waals surface area contributed by atoms with E-state index in [-0.39, 0.29) is 5.91 Å². The highest BCUT2D eigenvalue weighted by Gasteiger charge is 2.11. The third kappa shape index (κ3) is 7.44. The van der Waals surface area contributed by atoms with Gasteiger partial charge in [0.25, 0.3) is 0 Å². The number of rotatable bonds is 11. The molecule has 0 aromatic heterocycles. The quantitative estimate of drug-likeness (QED) is 0.379. The molecule has 0 radical (unpaired) electrons. The molecule has 1 fully saturated rings. The molecule has 1 aliphatic heterocycles. The van der Waals surface area contributed by atoms with E-state index in [0.29, 0.717) is 12.2 Å². The maximum Gasteiger partial charge on any atom is 0.224 e. The Labute approximate surface area is 202 Å². The average Bonchev–Trinajstić information content (AvgIpc) is 3.37. The van der Waals surface area contributed by atoms with Gasteiger partial charge in [0.15, 0.2) is 0 Å². The largest absolute Gasteiger partial charge is 0.508 e. The summed E-state index contributed by atoms with van der Waals surface area (Å²) in [6.45, 7) is 5.65. The molecule has 0 saturated carbocycles. The predicted octanol–water partition coefficient (Wildman–Crippen LogP) is 4.15. The van der Waals surface area contributed by atoms with Crippen molar-refractivity contribution >= 4 is 5.91 Å². The second-order valence-corrected chi connectivity index (χ2v) is 9.07. The Morgan fingerprint density at radius 3 is 2.24 bits per heavy atom. The molecule has 0 bridgehead atoms. The first-order valence-electron chi connectivity index (χ1n) is 12.3. The summed E-state index contributed by atoms with van der Waals surface area (Å²) in [7, 11) is 0. The second-order valence-electron chi connectivity index (χ2n) is 9.07. The maximum atomic E-state index is 12.4. The summed E-state index contributed by atoms with van der Waals surface area (Å²) < 4.78 is 0. The van der Waals surface area contributed by atoms with Gasteiger partial charge in [-0.15, -0.1) is 0 Å². The molecule has 4 rings (SSSR count). The van der Waals surface area contributed by atoms with Gasteiger partial charge < -0.3 is 20.6 Å². The van der Waals surface area contributed by atoms with Crippen molar-refractivity contribution in [3.05, 3.63) is 89.5 Å². The zero-order valence-corrected chi connectivity index (χ0v) is 19.8. The fourth-order valence-electron chi connectivity index (χ4n) is 4.46. The van der Waals surface area contributed by atoms with Crippen LogP contribution in [0, 0.1) is 0 Å². The van der Waals surface area contributed by atoms with E-state index in [2.05, 4.69) is 51.9 Å². The zero-order valence-electron chi connectivity index (χ0n) is 19.8. The second kappa shape index (κ2) is 12.4. The highest BCUT2D eigenvalue weighted by atomic mass is 16.3. The first-order chi connectivity index (χ1) is 16.7. The summed E-state index contributed by atoms with van der Waals surface area (Å²) in [5.41, 5.74) is 5.76. The number of carbonyl (C=O) groups excluding carboxylic acids is 1. The number of hydrogen-bond donors (Lipinski definition) is 3. The number of likely N-dealkylation sites (tertiary alicyclic amines) is 1. The van der Waals surface area contributed by atoms with E-state index in [0.717, 1.165) is 62.4 Å². The van der Waals surface area contributed by atoms with Gasteiger partial charge in [-0.2, -0.15) is 0 Å². The number of carbonyl (C=O) groups is 1. The number of nitrogens with zero attached hydrogens (tertiary/aromatic N) is 1. The molecule has 0 aliphatic carbocycles. The number of amides is 1. The molecule has 1 heterocycles. The molecule has 0 unspecified atom stereocenters. The number of phenolic OH excluding ortho intramolecular Hbond substituents is 1. The van der Waals surface area contributed by atoms with Crippen molar-refractivity contribution in [1.29, 1.82) is 0 Å². The molecule has 1 aliphatic rings. The topological polar surface area (TPSA) is 64.6 Å². The van der Waals surface area contributed by atoms with Crippen LogP contribution in [-0.4, -0.2) is 48.6 Å². The number of hydrogen-bond acceptors (Lipinski definition) is 4. The molecule has 178 valence electrons. The fourth-order valence-corrected chi connectivity index (χ4v) is 4.46. The summed E-state index contributed by atoms with van der Waals surface area (Å²) in [4.78, 5) is 14.8. The Morgan fingerprint density at radius 2 is 1.50 bits per heavy atom. The van der Waals surface area contributed by atoms with Crippen LogP contribution in [0.4, 0.5) is 0 Å². The van der Waals surface area contributed by atoms with Crippen molar-refractivity contribution in [2.24, 2.45) is 0 Å². The normalized spacial score (nSPS) is 13.8. The van der Waals surface area contributed by atoms with Crippen LogP contribution < -0.4 is 10.6 Å². The summed E-state index contributed by atoms with van der Waals surface area (Å²) in [6.07, 6.45) is 3.88. The molecule has 1 amide bonds. The molecule has 3 aromatic carbocycles. The smallest absolute Gasteiger partial charge is 0.224 e. The van der Waals surface area contributed by atoms with Crippen LogP contribution in [0.15, 0.2) is 72.8 Å². The van der Waals surface area contributed by atoms with Crippen molar-refractivity contribution in [3.63, 3.8) is 0 Å². The highest BCUT2D eigenvalue weighted by Crippen LogP contribution is 2.22. The Bertz CT molecular complexity index is 1060. The molecule has 0 atom stereocenters. The molecule has 0 spiro atoms. The van der Waals surface area contributed by atoms with Crippen molar-refractivity contribution in [2.45, 2.75) is 32.2 Å². The molecular weight excluding hydrogens is 422 g/mol. The number of nitrogens with one attached hydrogen (secondary N) is 2. The van der Waals surface area contributed by atoms with Crippen molar-refractivity contribution < 1.29 is 9.90 Å². The maximum absolute atomic E-state index is 12.4. The first-order valence-corrected chi connectivity index (χ1v) is 12.3. The lowest BCUT2D eigenvalue weighted by Crippen LogP contribution is -2.34. The van der Waals surface area contributed by atoms with E-state index in [1.165, 1.54) is 24.0 Å². The number of aromatic hydroxyl groups is 1. The minimum Gasteiger partial charge on any atom is -0.508 e. The van der Waals surface area contributed by atoms with E-state index in [9.17, 15) is 9.90 Å². The zero-order chi connectivity index (χ0) is 23.6. The van der Waals surface area contributed by atoms with Crippen LogP contribution in [0.3, 0.4) is 0 Å². The molecule has 3 N–H and O–H groups in total. The van der Waals surface area contributed by atoms with Crippen molar-refractivity contribution in [2.75, 3.05) is 32.7 Å². The van der Waals surface area contributed by atoms with Gasteiger partial charge in [0.1, 0.15) is 5.75 Å². The van der Waals surface area contributed by atoms with Gasteiger partial charge in [0.05, 0.1) is 6.42 Å². The molecule has 3 aromatic rings. The summed E-state index contributed by atoms with van der Waals surface area (Å²) in [6, 6.07) is 24.2. The van der Waals surface area contributed by atoms with E-state index in [4.69, 9.17) is 0 Å². The van der Waals surface area contributed by atoms with Crippen LogP contribution in [0.25, 0.3) is 11.1 Å². The Kier molecular flexibility index (Phi) is 8.71. The van der Waals surface area contributed by atoms with Crippen LogP contribution in [-0.2, 0) is 24.2 Å². The van der Waals surface area contributed by atoms with Crippen LogP contribution >= 0.6 is 0 Å². The molecule has 5 nitrogen and oxygen atoms in total. The van der Waals surface area contributed by atoms with Gasteiger partial charge in [-0.05, 0) is 84.9 Å². The molecular formula is C29H35N3O2. The standard InChI is InChI=1S/C29H35N3O2/c33-28-11-9-23(10-12-28)13-14-30-22-25-6-4-8-27(20-25)26-7-3-5-24(19-26)21-29(34)31-15-18-32-16-1-2-17-32/h3-12,19-20,30,33H,1-2,13-18,21-22H2,(H,31,34). The highest BCUT2D eigenvalue weighted by molar-refractivity contribution is 5.79. The predicted molar refractivity (Wildman–Crippen MR) is 138 cm³/mol. The summed E-state index contributed by atoms with van der Waals surface area (Å²) in [5.74, 6) is 0.388. The Balaban J connectivity index is 1.26. The minimum absolute atomic E-state index is 0.0860. The molecule has 5 heteroatoms. The van der Waals surface area contributed by atoms with Crippen LogP contribution in [0.5, 0.6) is 5.75 Å². The van der Waals surface area contributed by atoms with Gasteiger partial charge in [-0.1, -0.05) is 54.6 Å². The fraction of sp³-hybridized carbons (Fsp3) is 0.345. The van der Waals surface area contributed by atoms with Crippen LogP contribution in [0.1, 0.15) is 29.5 Å². The molecule has 1 saturated heterocycles. The van der Waals surface area contributed by atoms with Crippen LogP contribution in [0.2, 0.25) is 0 Å². The third-order valence-corrected chi connectivity index (χ3v) is 6.36. The third-order valence-electron chi connectivity index (χ3n) is 6.36. The van der Waals surface area contributed by atoms with E-state index >= 15 is 0 Å². The SMILES string of the molecule is O=C(Cc1cccc(-c2cccc(CNCCc3ccc(O)cc3)c2)c1)NCCN1CCCC1. The van der Waals surface area contributed by atoms with Gasteiger partial charge in [-0.3, -0.25) is 4.79 Å². The van der Waals surface area contributed by atoms with E-state index in [1.54, 1.807) is 12.1 Å². The number of benzene rings is 3. The Morgan fingerprint density at radius 1 is 0.824 bits per heavy atom. The minimum atomic E-state index is 0.0860. The van der Waals surface area contributed by atoms with E-state index < -0.39 is 0 Å². The van der Waals surface area contributed by atoms with Gasteiger partial charge in [0, 0.05) is 19.6 Å². The van der Waals surface area contributed by atoms with Gasteiger partial charge in [-0.25, -0.2) is 0 Å². The monoisotopic (exact) mass is 457 g/mol. The Hall–Kier alpha value is -3.15. The van der Waals surface area contributed by atoms with E-state index in [1.807, 2.05) is 24.3 Å². The summed E-state index contributed by atoms with van der Waals surface area (Å²) in [5, 5.41) is 16.0. The van der Waals surface area contributed by atoms with Crippen molar-refractivity contribution in [3.8, 4) is 16.9 Å². The summed E-state index contributed by atoms with van der Waals surface area (Å²) >= 11 is 0. The van der Waals surface area contributed by atoms with Crippen molar-refractivity contribution in [1.82, 2.24) is 15.5 Å². The average molecular weight is 458 g/mol. The van der Waals surface area contributed by atoms with Gasteiger partial charge >= 0.3 is 0 Å². The molecule has 34 heavy (non-hydrogen) atoms.